The van der Waals surface area contributed by atoms with Crippen molar-refractivity contribution in [3.63, 3.8) is 0 Å². The van der Waals surface area contributed by atoms with E-state index in [1.807, 2.05) is 11.8 Å². The molecule has 0 radical (unpaired) electrons. The predicted octanol–water partition coefficient (Wildman–Crippen LogP) is 9.52. The average Bonchev–Trinajstić information content (AvgIpc) is 3.41. The molecule has 2 aliphatic rings. The molecule has 0 aromatic heterocycles. The molecule has 2 heterocycles. The summed E-state index contributed by atoms with van der Waals surface area (Å²) >= 11 is 1.93. The number of fused-ring (bicyclic) bond motifs is 4. The van der Waals surface area contributed by atoms with Crippen LogP contribution in [0.15, 0.2) is 149 Å². The number of nitrogens with zero attached hydrogens (tertiary/aromatic N) is 2. The van der Waals surface area contributed by atoms with Crippen LogP contribution in [-0.2, 0) is 0 Å². The topological polar surface area (TPSA) is 27.6 Å². The molecule has 4 heteroatoms. The number of para-hydroxylation sites is 1. The Hall–Kier alpha value is -4.80. The van der Waals surface area contributed by atoms with Crippen molar-refractivity contribution in [1.82, 2.24) is 5.32 Å². The molecule has 42 heavy (non-hydrogen) atoms. The summed E-state index contributed by atoms with van der Waals surface area (Å²) in [5.74, 6) is 0.896. The van der Waals surface area contributed by atoms with Crippen molar-refractivity contribution in [3.8, 4) is 11.1 Å². The van der Waals surface area contributed by atoms with Gasteiger partial charge in [-0.1, -0.05) is 127 Å². The van der Waals surface area contributed by atoms with Gasteiger partial charge in [0.25, 0.3) is 0 Å². The van der Waals surface area contributed by atoms with Crippen LogP contribution in [0.5, 0.6) is 0 Å². The van der Waals surface area contributed by atoms with Crippen LogP contribution in [0.2, 0.25) is 0 Å². The molecule has 2 aliphatic heterocycles. The molecule has 2 unspecified atom stereocenters. The minimum absolute atomic E-state index is 0.0485. The molecule has 3 nitrogen and oxygen atoms in total. The van der Waals surface area contributed by atoms with Crippen molar-refractivity contribution in [2.45, 2.75) is 16.3 Å². The Bertz CT molecular complexity index is 1970. The summed E-state index contributed by atoms with van der Waals surface area (Å²) < 4.78 is 0. The normalized spacial score (nSPS) is 17.4. The van der Waals surface area contributed by atoms with Crippen molar-refractivity contribution in [1.29, 1.82) is 0 Å². The number of anilines is 1. The van der Waals surface area contributed by atoms with Crippen LogP contribution in [0, 0.1) is 0 Å². The van der Waals surface area contributed by atoms with Gasteiger partial charge in [-0.2, -0.15) is 0 Å². The summed E-state index contributed by atoms with van der Waals surface area (Å²) in [5, 5.41) is 6.57. The van der Waals surface area contributed by atoms with Crippen LogP contribution < -0.4 is 10.2 Å². The molecule has 0 saturated carbocycles. The van der Waals surface area contributed by atoms with E-state index in [4.69, 9.17) is 4.99 Å². The summed E-state index contributed by atoms with van der Waals surface area (Å²) in [5.41, 5.74) is 9.54. The maximum atomic E-state index is 5.07. The molecule has 0 aliphatic carbocycles. The lowest BCUT2D eigenvalue weighted by Crippen LogP contribution is -2.32. The van der Waals surface area contributed by atoms with Crippen LogP contribution in [0.4, 0.5) is 11.4 Å². The molecule has 2 atom stereocenters. The first-order valence-electron chi connectivity index (χ1n) is 14.3. The van der Waals surface area contributed by atoms with Crippen LogP contribution in [0.3, 0.4) is 0 Å². The lowest BCUT2D eigenvalue weighted by Gasteiger charge is -2.28. The maximum Gasteiger partial charge on any atom is 0.134 e. The van der Waals surface area contributed by atoms with Crippen LogP contribution in [-0.4, -0.2) is 12.9 Å². The zero-order chi connectivity index (χ0) is 28.0. The van der Waals surface area contributed by atoms with Gasteiger partial charge in [0.1, 0.15) is 11.2 Å². The Morgan fingerprint density at radius 1 is 0.643 bits per heavy atom. The highest BCUT2D eigenvalue weighted by Gasteiger charge is 2.30. The Kier molecular flexibility index (Phi) is 6.08. The molecule has 0 amide bonds. The van der Waals surface area contributed by atoms with Gasteiger partial charge in [0.15, 0.2) is 0 Å². The molecular weight excluding hydrogens is 531 g/mol. The van der Waals surface area contributed by atoms with E-state index in [2.05, 4.69) is 157 Å². The zero-order valence-corrected chi connectivity index (χ0v) is 24.1. The Labute approximate surface area is 250 Å². The van der Waals surface area contributed by atoms with Gasteiger partial charge in [-0.3, -0.25) is 0 Å². The quantitative estimate of drug-likeness (QED) is 0.233. The van der Waals surface area contributed by atoms with Gasteiger partial charge in [0.05, 0.1) is 17.4 Å². The fourth-order valence-corrected chi connectivity index (χ4v) is 7.56. The number of rotatable bonds is 4. The number of nitrogens with one attached hydrogen (secondary N) is 1. The molecule has 6 aromatic rings. The van der Waals surface area contributed by atoms with E-state index in [0.717, 1.165) is 17.1 Å². The van der Waals surface area contributed by atoms with Crippen molar-refractivity contribution >= 4 is 39.7 Å². The van der Waals surface area contributed by atoms with Gasteiger partial charge < -0.3 is 10.2 Å². The number of aliphatic imine (C=N–C) groups is 1. The monoisotopic (exact) mass is 559 g/mol. The fourth-order valence-electron chi connectivity index (χ4n) is 6.25. The molecule has 1 N–H and O–H groups in total. The van der Waals surface area contributed by atoms with Gasteiger partial charge in [-0.05, 0) is 51.9 Å². The van der Waals surface area contributed by atoms with E-state index in [0.29, 0.717) is 0 Å². The summed E-state index contributed by atoms with van der Waals surface area (Å²) in [6.45, 7) is 0. The highest BCUT2D eigenvalue weighted by atomic mass is 32.2. The lowest BCUT2D eigenvalue weighted by molar-refractivity contribution is 0.749. The smallest absolute Gasteiger partial charge is 0.134 e. The first kappa shape index (κ1) is 25.0. The summed E-state index contributed by atoms with van der Waals surface area (Å²) in [4.78, 5) is 8.83. The highest BCUT2D eigenvalue weighted by Crippen LogP contribution is 2.53. The second kappa shape index (κ2) is 10.2. The highest BCUT2D eigenvalue weighted by molar-refractivity contribution is 8.00. The van der Waals surface area contributed by atoms with Gasteiger partial charge in [0, 0.05) is 28.5 Å². The van der Waals surface area contributed by atoms with Gasteiger partial charge in [0.2, 0.25) is 0 Å². The molecule has 0 fully saturated rings. The van der Waals surface area contributed by atoms with E-state index in [1.165, 1.54) is 49.2 Å². The molecule has 6 aromatic carbocycles. The SMILES string of the molecule is CN1c2c(ccc3ccc(-c4cccc(C5=Nc6ccccc6C(c6ccccc6)N5)c4)cc23)SC1c1ccccc1. The van der Waals surface area contributed by atoms with Crippen molar-refractivity contribution in [3.05, 3.63) is 162 Å². The van der Waals surface area contributed by atoms with Gasteiger partial charge in [-0.15, -0.1) is 0 Å². The summed E-state index contributed by atoms with van der Waals surface area (Å²) in [6.07, 6.45) is 0. The minimum Gasteiger partial charge on any atom is -0.359 e. The average molecular weight is 560 g/mol. The lowest BCUT2D eigenvalue weighted by atomic mass is 9.94. The first-order valence-corrected chi connectivity index (χ1v) is 15.2. The first-order chi connectivity index (χ1) is 20.7. The number of hydrogen-bond donors (Lipinski definition) is 1. The van der Waals surface area contributed by atoms with Crippen LogP contribution in [0.25, 0.3) is 21.9 Å². The second-order valence-corrected chi connectivity index (χ2v) is 12.1. The summed E-state index contributed by atoms with van der Waals surface area (Å²) in [7, 11) is 2.22. The maximum absolute atomic E-state index is 5.07. The summed E-state index contributed by atoms with van der Waals surface area (Å²) in [6, 6.07) is 50.0. The number of hydrogen-bond acceptors (Lipinski definition) is 4. The molecule has 202 valence electrons. The molecule has 0 saturated heterocycles. The van der Waals surface area contributed by atoms with Crippen molar-refractivity contribution in [2.24, 2.45) is 4.99 Å². The minimum atomic E-state index is 0.0485. The predicted molar refractivity (Wildman–Crippen MR) is 177 cm³/mol. The van der Waals surface area contributed by atoms with E-state index < -0.39 is 0 Å². The number of thioether (sulfide) groups is 1. The third kappa shape index (κ3) is 4.27. The molecule has 0 spiro atoms. The van der Waals surface area contributed by atoms with Crippen molar-refractivity contribution in [2.75, 3.05) is 11.9 Å². The largest absolute Gasteiger partial charge is 0.359 e. The third-order valence-corrected chi connectivity index (χ3v) is 9.74. The van der Waals surface area contributed by atoms with Gasteiger partial charge in [-0.25, -0.2) is 4.99 Å². The molecule has 8 rings (SSSR count). The third-order valence-electron chi connectivity index (χ3n) is 8.35. The Morgan fingerprint density at radius 3 is 2.17 bits per heavy atom. The van der Waals surface area contributed by atoms with E-state index in [1.54, 1.807) is 0 Å². The second-order valence-electron chi connectivity index (χ2n) is 10.9. The fraction of sp³-hybridized carbons (Fsp3) is 0.0789. The molecular formula is C38H29N3S. The van der Waals surface area contributed by atoms with Gasteiger partial charge >= 0.3 is 0 Å². The number of amidine groups is 1. The van der Waals surface area contributed by atoms with Crippen LogP contribution in [0.1, 0.15) is 33.7 Å². The zero-order valence-electron chi connectivity index (χ0n) is 23.2. The Morgan fingerprint density at radius 2 is 1.33 bits per heavy atom. The molecule has 0 bridgehead atoms. The number of benzene rings is 6. The Balaban J connectivity index is 1.18. The van der Waals surface area contributed by atoms with E-state index in [9.17, 15) is 0 Å². The van der Waals surface area contributed by atoms with Crippen LogP contribution >= 0.6 is 11.8 Å². The van der Waals surface area contributed by atoms with Crippen molar-refractivity contribution < 1.29 is 0 Å². The standard InChI is InChI=1S/C38H29N3S/c1-41-36-32-24-29(20-19-25(32)21-22-34(36)42-38(41)27-13-6-3-7-14-27)28-15-10-16-30(23-28)37-39-33-18-9-8-17-31(33)35(40-37)26-11-4-2-5-12-26/h2-24,35,38H,1H3,(H,39,40). The van der Waals surface area contributed by atoms with E-state index >= 15 is 0 Å². The van der Waals surface area contributed by atoms with E-state index in [-0.39, 0.29) is 11.4 Å².